The number of hydrogen-bond donors (Lipinski definition) is 2. The van der Waals surface area contributed by atoms with Gasteiger partial charge >= 0.3 is 5.97 Å². The lowest BCUT2D eigenvalue weighted by Crippen LogP contribution is -2.62. The van der Waals surface area contributed by atoms with Crippen LogP contribution in [0.2, 0.25) is 0 Å². The molecule has 2 N–H and O–H groups in total. The summed E-state index contributed by atoms with van der Waals surface area (Å²) >= 11 is 0. The minimum atomic E-state index is -1.60. The average molecular weight is 568 g/mol. The molecule has 222 valence electrons. The van der Waals surface area contributed by atoms with E-state index < -0.39 is 29.5 Å². The van der Waals surface area contributed by atoms with E-state index in [2.05, 4.69) is 25.7 Å². The lowest BCUT2D eigenvalue weighted by Gasteiger charge is -2.60. The maximum Gasteiger partial charge on any atom is 0.306 e. The van der Waals surface area contributed by atoms with Gasteiger partial charge in [-0.2, -0.15) is 0 Å². The van der Waals surface area contributed by atoms with Crippen molar-refractivity contribution in [2.45, 2.75) is 110 Å². The van der Waals surface area contributed by atoms with Crippen LogP contribution in [-0.4, -0.2) is 70.6 Å². The number of aliphatic hydroxyl groups excluding tert-OH is 1. The van der Waals surface area contributed by atoms with Crippen LogP contribution in [0.4, 0.5) is 0 Å². The molecule has 7 nitrogen and oxygen atoms in total. The van der Waals surface area contributed by atoms with Crippen LogP contribution in [-0.2, 0) is 19.1 Å². The molecule has 0 bridgehead atoms. The van der Waals surface area contributed by atoms with E-state index in [1.54, 1.807) is 0 Å². The summed E-state index contributed by atoms with van der Waals surface area (Å²) in [5, 5.41) is 23.3. The standard InChI is InChI=1S/C31H49NO6.ClH/c1-5-32(6-2)17-9-7-8-10-27(36)38-20-26(35)31(37)16-14-24-23-12-11-21-18-22(33)13-15-29(21,3)28(23)25(34)19-30(24,31)4;/h18,23-25,28,34,37H,5-17,19-20H2,1-4H3;1H/t23-,24-,25-,28+,29-,30-,31-;/m0./s1. The van der Waals surface area contributed by atoms with Crippen molar-refractivity contribution < 1.29 is 29.3 Å². The van der Waals surface area contributed by atoms with Gasteiger partial charge in [-0.05, 0) is 100 Å². The number of rotatable bonds is 11. The number of Topliss-reactive ketones (excluding diaryl/α,β-unsaturated/α-hetero) is 1. The lowest BCUT2D eigenvalue weighted by atomic mass is 9.45. The van der Waals surface area contributed by atoms with Gasteiger partial charge in [0.15, 0.2) is 12.4 Å². The summed E-state index contributed by atoms with van der Waals surface area (Å²) in [4.78, 5) is 40.2. The Morgan fingerprint density at radius 1 is 1.08 bits per heavy atom. The number of allylic oxidation sites excluding steroid dienone is 1. The minimum absolute atomic E-state index is 0. The van der Waals surface area contributed by atoms with Crippen LogP contribution in [0.25, 0.3) is 0 Å². The fourth-order valence-electron chi connectivity index (χ4n) is 8.81. The van der Waals surface area contributed by atoms with Gasteiger partial charge in [0.05, 0.1) is 6.10 Å². The van der Waals surface area contributed by atoms with Crippen molar-refractivity contribution in [3.63, 3.8) is 0 Å². The van der Waals surface area contributed by atoms with Gasteiger partial charge in [-0.1, -0.05) is 39.7 Å². The molecule has 39 heavy (non-hydrogen) atoms. The first-order valence-electron chi connectivity index (χ1n) is 15.1. The molecule has 0 radical (unpaired) electrons. The maximum atomic E-state index is 13.4. The van der Waals surface area contributed by atoms with E-state index in [0.29, 0.717) is 19.3 Å². The number of halogens is 1. The first-order chi connectivity index (χ1) is 18.0. The Morgan fingerprint density at radius 2 is 1.79 bits per heavy atom. The van der Waals surface area contributed by atoms with E-state index in [0.717, 1.165) is 64.6 Å². The lowest BCUT2D eigenvalue weighted by molar-refractivity contribution is -0.184. The number of esters is 1. The molecule has 0 spiro atoms. The van der Waals surface area contributed by atoms with Crippen molar-refractivity contribution in [3.05, 3.63) is 11.6 Å². The summed E-state index contributed by atoms with van der Waals surface area (Å²) in [7, 11) is 0. The normalized spacial score (nSPS) is 37.3. The Labute approximate surface area is 240 Å². The van der Waals surface area contributed by atoms with E-state index in [9.17, 15) is 24.6 Å². The third-order valence-electron chi connectivity index (χ3n) is 11.1. The number of fused-ring (bicyclic) bond motifs is 5. The molecule has 0 aromatic rings. The van der Waals surface area contributed by atoms with Crippen molar-refractivity contribution in [2.75, 3.05) is 26.2 Å². The number of nitrogens with zero attached hydrogens (tertiary/aromatic N) is 1. The molecule has 4 rings (SSSR count). The Morgan fingerprint density at radius 3 is 2.49 bits per heavy atom. The second-order valence-corrected chi connectivity index (χ2v) is 12.9. The van der Waals surface area contributed by atoms with Crippen LogP contribution in [0.1, 0.15) is 98.3 Å². The Balaban J connectivity index is 0.00000420. The van der Waals surface area contributed by atoms with Crippen molar-refractivity contribution in [1.29, 1.82) is 0 Å². The molecule has 3 saturated carbocycles. The molecule has 0 unspecified atom stereocenters. The highest BCUT2D eigenvalue weighted by Gasteiger charge is 2.68. The fourth-order valence-corrected chi connectivity index (χ4v) is 8.81. The van der Waals surface area contributed by atoms with Gasteiger partial charge in [0.25, 0.3) is 0 Å². The highest BCUT2D eigenvalue weighted by atomic mass is 35.5. The monoisotopic (exact) mass is 567 g/mol. The molecule has 0 amide bonds. The highest BCUT2D eigenvalue weighted by molar-refractivity contribution is 5.92. The van der Waals surface area contributed by atoms with Gasteiger partial charge in [-0.15, -0.1) is 12.4 Å². The molecule has 0 aromatic carbocycles. The molecule has 0 aromatic heterocycles. The molecular weight excluding hydrogens is 518 g/mol. The molecule has 4 aliphatic carbocycles. The van der Waals surface area contributed by atoms with E-state index >= 15 is 0 Å². The fraction of sp³-hybridized carbons (Fsp3) is 0.839. The summed E-state index contributed by atoms with van der Waals surface area (Å²) in [6.07, 6.45) is 8.52. The number of ether oxygens (including phenoxy) is 1. The zero-order valence-electron chi connectivity index (χ0n) is 24.4. The predicted molar refractivity (Wildman–Crippen MR) is 153 cm³/mol. The molecule has 0 heterocycles. The van der Waals surface area contributed by atoms with Gasteiger partial charge in [-0.3, -0.25) is 14.4 Å². The number of carbonyl (C=O) groups is 3. The van der Waals surface area contributed by atoms with Crippen LogP contribution in [0.3, 0.4) is 0 Å². The number of aliphatic hydroxyl groups is 2. The Hall–Kier alpha value is -1.28. The molecule has 4 aliphatic rings. The molecule has 0 saturated heterocycles. The highest BCUT2D eigenvalue weighted by Crippen LogP contribution is 2.67. The van der Waals surface area contributed by atoms with E-state index in [1.165, 1.54) is 5.57 Å². The first kappa shape index (κ1) is 32.2. The Kier molecular flexibility index (Phi) is 10.5. The maximum absolute atomic E-state index is 13.4. The van der Waals surface area contributed by atoms with Crippen molar-refractivity contribution >= 4 is 29.9 Å². The summed E-state index contributed by atoms with van der Waals surface area (Å²) in [5.41, 5.74) is -1.40. The third-order valence-corrected chi connectivity index (χ3v) is 11.1. The predicted octanol–water partition coefficient (Wildman–Crippen LogP) is 4.66. The largest absolute Gasteiger partial charge is 0.458 e. The molecule has 0 aliphatic heterocycles. The molecule has 8 heteroatoms. The first-order valence-corrected chi connectivity index (χ1v) is 15.1. The van der Waals surface area contributed by atoms with Gasteiger partial charge in [0.2, 0.25) is 5.78 Å². The molecular formula is C31H50ClNO6. The third kappa shape index (κ3) is 5.89. The number of unbranched alkanes of at least 4 members (excludes halogenated alkanes) is 2. The van der Waals surface area contributed by atoms with Crippen molar-refractivity contribution in [1.82, 2.24) is 4.90 Å². The van der Waals surface area contributed by atoms with Crippen LogP contribution in [0.15, 0.2) is 11.6 Å². The SMILES string of the molecule is CCN(CC)CCCCCC(=O)OCC(=O)[C@@]1(O)CC[C@H]2[C@@H]3CCC4=CC(=O)CC[C@]4(C)[C@H]3[C@@H](O)C[C@@]21C.Cl. The van der Waals surface area contributed by atoms with Crippen molar-refractivity contribution in [2.24, 2.45) is 28.6 Å². The van der Waals surface area contributed by atoms with Crippen LogP contribution >= 0.6 is 12.4 Å². The Bertz CT molecular complexity index is 949. The van der Waals surface area contributed by atoms with E-state index in [-0.39, 0.29) is 53.7 Å². The number of hydrogen-bond acceptors (Lipinski definition) is 7. The van der Waals surface area contributed by atoms with Crippen LogP contribution in [0.5, 0.6) is 0 Å². The van der Waals surface area contributed by atoms with E-state index in [4.69, 9.17) is 4.74 Å². The molecule has 3 fully saturated rings. The zero-order chi connectivity index (χ0) is 27.7. The van der Waals surface area contributed by atoms with Gasteiger partial charge in [-0.25, -0.2) is 0 Å². The summed E-state index contributed by atoms with van der Waals surface area (Å²) < 4.78 is 5.35. The minimum Gasteiger partial charge on any atom is -0.458 e. The summed E-state index contributed by atoms with van der Waals surface area (Å²) in [6, 6.07) is 0. The van der Waals surface area contributed by atoms with Gasteiger partial charge in [0, 0.05) is 18.3 Å². The number of ketones is 2. The zero-order valence-corrected chi connectivity index (χ0v) is 25.2. The van der Waals surface area contributed by atoms with Gasteiger partial charge < -0.3 is 19.8 Å². The van der Waals surface area contributed by atoms with Crippen molar-refractivity contribution in [3.8, 4) is 0 Å². The van der Waals surface area contributed by atoms with Crippen LogP contribution in [0, 0.1) is 28.6 Å². The number of carbonyl (C=O) groups excluding carboxylic acids is 3. The second kappa shape index (κ2) is 12.7. The average Bonchev–Trinajstić information content (AvgIpc) is 3.15. The quantitative estimate of drug-likeness (QED) is 0.276. The summed E-state index contributed by atoms with van der Waals surface area (Å²) in [5.74, 6) is -0.303. The van der Waals surface area contributed by atoms with Crippen LogP contribution < -0.4 is 0 Å². The van der Waals surface area contributed by atoms with E-state index in [1.807, 2.05) is 13.0 Å². The molecule has 7 atom stereocenters. The summed E-state index contributed by atoms with van der Waals surface area (Å²) in [6.45, 7) is 11.1. The second-order valence-electron chi connectivity index (χ2n) is 12.9. The smallest absolute Gasteiger partial charge is 0.306 e. The van der Waals surface area contributed by atoms with Gasteiger partial charge in [0.1, 0.15) is 5.60 Å². The topological polar surface area (TPSA) is 104 Å².